The van der Waals surface area contributed by atoms with Gasteiger partial charge in [-0.25, -0.2) is 9.18 Å². The molecule has 0 unspecified atom stereocenters. The number of ether oxygens (including phenoxy) is 1. The Kier molecular flexibility index (Phi) is 6.28. The summed E-state index contributed by atoms with van der Waals surface area (Å²) in [4.78, 5) is 24.6. The molecule has 1 N–H and O–H groups in total. The maximum Gasteiger partial charge on any atom is 0.329 e. The number of halogens is 1. The lowest BCUT2D eigenvalue weighted by atomic mass is 10.0. The van der Waals surface area contributed by atoms with Crippen LogP contribution in [0, 0.1) is 18.7 Å². The minimum absolute atomic E-state index is 0.144. The highest BCUT2D eigenvalue weighted by molar-refractivity contribution is 5.96. The van der Waals surface area contributed by atoms with Crippen molar-refractivity contribution < 1.29 is 18.7 Å². The van der Waals surface area contributed by atoms with E-state index in [1.165, 1.54) is 24.3 Å². The Morgan fingerprint density at radius 1 is 1.04 bits per heavy atom. The first-order valence-electron chi connectivity index (χ1n) is 8.15. The lowest BCUT2D eigenvalue weighted by molar-refractivity contribution is -0.148. The Morgan fingerprint density at radius 3 is 2.20 bits per heavy atom. The van der Waals surface area contributed by atoms with Crippen molar-refractivity contribution in [2.75, 3.05) is 0 Å². The minimum atomic E-state index is -0.775. The Bertz CT molecular complexity index is 724. The molecule has 0 bridgehead atoms. The second-order valence-electron chi connectivity index (χ2n) is 6.30. The van der Waals surface area contributed by atoms with Crippen molar-refractivity contribution in [1.29, 1.82) is 0 Å². The van der Waals surface area contributed by atoms with E-state index in [1.807, 2.05) is 45.0 Å². The molecule has 0 heterocycles. The number of benzene rings is 2. The van der Waals surface area contributed by atoms with Gasteiger partial charge in [0, 0.05) is 5.56 Å². The Hall–Kier alpha value is -2.69. The molecule has 0 aliphatic rings. The van der Waals surface area contributed by atoms with Gasteiger partial charge in [0.15, 0.2) is 0 Å². The van der Waals surface area contributed by atoms with Crippen LogP contribution in [0.5, 0.6) is 0 Å². The normalized spacial score (nSPS) is 11.9. The first kappa shape index (κ1) is 18.6. The highest BCUT2D eigenvalue weighted by Gasteiger charge is 2.26. The summed E-state index contributed by atoms with van der Waals surface area (Å²) in [7, 11) is 0. The number of nitrogens with one attached hydrogen (secondary N) is 1. The van der Waals surface area contributed by atoms with E-state index < -0.39 is 23.7 Å². The van der Waals surface area contributed by atoms with Gasteiger partial charge in [0.2, 0.25) is 0 Å². The molecule has 0 spiro atoms. The van der Waals surface area contributed by atoms with E-state index in [0.29, 0.717) is 5.56 Å². The van der Waals surface area contributed by atoms with Crippen LogP contribution in [0.4, 0.5) is 4.39 Å². The van der Waals surface area contributed by atoms with Crippen LogP contribution in [-0.2, 0) is 16.1 Å². The summed E-state index contributed by atoms with van der Waals surface area (Å²) in [6, 6.07) is 12.1. The molecule has 0 fully saturated rings. The molecular formula is C20H22FNO3. The molecule has 0 radical (unpaired) electrons. The van der Waals surface area contributed by atoms with Gasteiger partial charge in [-0.2, -0.15) is 0 Å². The summed E-state index contributed by atoms with van der Waals surface area (Å²) in [5.41, 5.74) is 2.30. The maximum absolute atomic E-state index is 12.9. The van der Waals surface area contributed by atoms with Crippen LogP contribution < -0.4 is 5.32 Å². The van der Waals surface area contributed by atoms with Gasteiger partial charge in [-0.05, 0) is 42.7 Å². The van der Waals surface area contributed by atoms with Crippen LogP contribution in [0.1, 0.15) is 35.3 Å². The van der Waals surface area contributed by atoms with Crippen molar-refractivity contribution in [3.05, 3.63) is 71.0 Å². The molecule has 0 aromatic heterocycles. The quantitative estimate of drug-likeness (QED) is 0.815. The van der Waals surface area contributed by atoms with Gasteiger partial charge in [0.1, 0.15) is 18.5 Å². The van der Waals surface area contributed by atoms with E-state index >= 15 is 0 Å². The van der Waals surface area contributed by atoms with Gasteiger partial charge in [0.05, 0.1) is 0 Å². The third-order valence-electron chi connectivity index (χ3n) is 3.82. The molecule has 2 rings (SSSR count). The molecule has 5 heteroatoms. The molecule has 0 aliphatic heterocycles. The largest absolute Gasteiger partial charge is 0.459 e. The van der Waals surface area contributed by atoms with Crippen LogP contribution in [0.25, 0.3) is 0 Å². The van der Waals surface area contributed by atoms with Crippen molar-refractivity contribution in [3.8, 4) is 0 Å². The monoisotopic (exact) mass is 343 g/mol. The summed E-state index contributed by atoms with van der Waals surface area (Å²) < 4.78 is 18.3. The van der Waals surface area contributed by atoms with Gasteiger partial charge >= 0.3 is 5.97 Å². The molecule has 1 atom stereocenters. The molecule has 0 aliphatic carbocycles. The number of aryl methyl sites for hydroxylation is 1. The number of amides is 1. The van der Waals surface area contributed by atoms with Crippen molar-refractivity contribution in [1.82, 2.24) is 5.32 Å². The molecule has 1 amide bonds. The molecule has 4 nitrogen and oxygen atoms in total. The SMILES string of the molecule is Cc1ccc(COC(=O)[C@@H](NC(=O)c2ccc(F)cc2)C(C)C)cc1. The predicted molar refractivity (Wildman–Crippen MR) is 93.5 cm³/mol. The van der Waals surface area contributed by atoms with E-state index in [1.54, 1.807) is 0 Å². The number of hydrogen-bond acceptors (Lipinski definition) is 3. The first-order chi connectivity index (χ1) is 11.9. The van der Waals surface area contributed by atoms with Crippen LogP contribution in [-0.4, -0.2) is 17.9 Å². The first-order valence-corrected chi connectivity index (χ1v) is 8.15. The van der Waals surface area contributed by atoms with Crippen molar-refractivity contribution >= 4 is 11.9 Å². The number of hydrogen-bond donors (Lipinski definition) is 1. The molecule has 2 aromatic carbocycles. The highest BCUT2D eigenvalue weighted by atomic mass is 19.1. The van der Waals surface area contributed by atoms with E-state index in [0.717, 1.165) is 11.1 Å². The molecule has 25 heavy (non-hydrogen) atoms. The summed E-state index contributed by atoms with van der Waals surface area (Å²) in [6.07, 6.45) is 0. The Morgan fingerprint density at radius 2 is 1.64 bits per heavy atom. The smallest absolute Gasteiger partial charge is 0.329 e. The standard InChI is InChI=1S/C20H22FNO3/c1-13(2)18(22-19(23)16-8-10-17(21)11-9-16)20(24)25-12-15-6-4-14(3)5-7-15/h4-11,13,18H,12H2,1-3H3,(H,22,23)/t18-/m0/s1. The Balaban J connectivity index is 1.98. The van der Waals surface area contributed by atoms with Crippen LogP contribution >= 0.6 is 0 Å². The van der Waals surface area contributed by atoms with Gasteiger partial charge in [-0.15, -0.1) is 0 Å². The zero-order chi connectivity index (χ0) is 18.4. The van der Waals surface area contributed by atoms with Crippen LogP contribution in [0.15, 0.2) is 48.5 Å². The predicted octanol–water partition coefficient (Wildman–Crippen LogP) is 3.63. The van der Waals surface area contributed by atoms with Crippen LogP contribution in [0.3, 0.4) is 0 Å². The van der Waals surface area contributed by atoms with Gasteiger partial charge in [-0.3, -0.25) is 4.79 Å². The van der Waals surface area contributed by atoms with E-state index in [2.05, 4.69) is 5.32 Å². The van der Waals surface area contributed by atoms with Crippen LogP contribution in [0.2, 0.25) is 0 Å². The van der Waals surface area contributed by atoms with E-state index in [9.17, 15) is 14.0 Å². The fourth-order valence-corrected chi connectivity index (χ4v) is 2.25. The fourth-order valence-electron chi connectivity index (χ4n) is 2.25. The zero-order valence-corrected chi connectivity index (χ0v) is 14.6. The topological polar surface area (TPSA) is 55.4 Å². The molecule has 132 valence electrons. The van der Waals surface area contributed by atoms with Gasteiger partial charge in [0.25, 0.3) is 5.91 Å². The summed E-state index contributed by atoms with van der Waals surface area (Å²) >= 11 is 0. The lowest BCUT2D eigenvalue weighted by Crippen LogP contribution is -2.45. The number of carbonyl (C=O) groups is 2. The average molecular weight is 343 g/mol. The Labute approximate surface area is 147 Å². The summed E-state index contributed by atoms with van der Waals surface area (Å²) in [5.74, 6) is -1.50. The van der Waals surface area contributed by atoms with Gasteiger partial charge < -0.3 is 10.1 Å². The summed E-state index contributed by atoms with van der Waals surface area (Å²) in [6.45, 7) is 5.77. The van der Waals surface area contributed by atoms with E-state index in [-0.39, 0.29) is 12.5 Å². The van der Waals surface area contributed by atoms with Gasteiger partial charge in [-0.1, -0.05) is 43.7 Å². The summed E-state index contributed by atoms with van der Waals surface area (Å²) in [5, 5.41) is 2.66. The molecule has 2 aromatic rings. The highest BCUT2D eigenvalue weighted by Crippen LogP contribution is 2.10. The molecular weight excluding hydrogens is 321 g/mol. The number of esters is 1. The number of carbonyl (C=O) groups excluding carboxylic acids is 2. The van der Waals surface area contributed by atoms with E-state index in [4.69, 9.17) is 4.74 Å². The fraction of sp³-hybridized carbons (Fsp3) is 0.300. The molecule has 0 saturated carbocycles. The third-order valence-corrected chi connectivity index (χ3v) is 3.82. The number of rotatable bonds is 6. The second kappa shape index (κ2) is 8.42. The minimum Gasteiger partial charge on any atom is -0.459 e. The maximum atomic E-state index is 12.9. The third kappa shape index (κ3) is 5.41. The van der Waals surface area contributed by atoms with Crippen molar-refractivity contribution in [3.63, 3.8) is 0 Å². The van der Waals surface area contributed by atoms with Crippen molar-refractivity contribution in [2.45, 2.75) is 33.4 Å². The average Bonchev–Trinajstić information content (AvgIpc) is 2.59. The second-order valence-corrected chi connectivity index (χ2v) is 6.30. The molecule has 0 saturated heterocycles. The zero-order valence-electron chi connectivity index (χ0n) is 14.6. The van der Waals surface area contributed by atoms with Crippen molar-refractivity contribution in [2.24, 2.45) is 5.92 Å². The lowest BCUT2D eigenvalue weighted by Gasteiger charge is -2.21.